The molecule has 0 unspecified atom stereocenters. The van der Waals surface area contributed by atoms with E-state index < -0.39 is 11.8 Å². The zero-order valence-electron chi connectivity index (χ0n) is 15.4. The first-order valence-electron chi connectivity index (χ1n) is 8.21. The molecule has 0 radical (unpaired) electrons. The Labute approximate surface area is 167 Å². The molecule has 0 saturated carbocycles. The number of amides is 2. The Morgan fingerprint density at radius 3 is 2.50 bits per heavy atom. The number of hydrazone groups is 1. The van der Waals surface area contributed by atoms with E-state index in [9.17, 15) is 9.59 Å². The van der Waals surface area contributed by atoms with E-state index in [-0.39, 0.29) is 13.2 Å². The first-order valence-corrected chi connectivity index (χ1v) is 8.59. The third-order valence-electron chi connectivity index (χ3n) is 3.46. The predicted molar refractivity (Wildman–Crippen MR) is 105 cm³/mol. The van der Waals surface area contributed by atoms with Crippen LogP contribution in [-0.2, 0) is 9.59 Å². The Morgan fingerprint density at radius 1 is 1.07 bits per heavy atom. The number of nitrogens with one attached hydrogen (secondary N) is 2. The van der Waals surface area contributed by atoms with E-state index in [4.69, 9.17) is 25.8 Å². The van der Waals surface area contributed by atoms with Crippen molar-refractivity contribution in [3.8, 4) is 17.2 Å². The van der Waals surface area contributed by atoms with Crippen LogP contribution in [0.3, 0.4) is 0 Å². The predicted octanol–water partition coefficient (Wildman–Crippen LogP) is 2.00. The van der Waals surface area contributed by atoms with Gasteiger partial charge in [0, 0.05) is 10.6 Å². The van der Waals surface area contributed by atoms with Gasteiger partial charge in [-0.25, -0.2) is 5.43 Å². The van der Waals surface area contributed by atoms with E-state index in [0.717, 1.165) is 0 Å². The fourth-order valence-electron chi connectivity index (χ4n) is 2.14. The molecule has 28 heavy (non-hydrogen) atoms. The van der Waals surface area contributed by atoms with Crippen LogP contribution < -0.4 is 25.0 Å². The molecule has 2 N–H and O–H groups in total. The molecule has 2 rings (SSSR count). The SMILES string of the molecule is COc1cccc(/C=N/NC(=O)CNC(=O)COc2ccc(Cl)cc2)c1OC. The molecule has 148 valence electrons. The molecule has 0 aliphatic carbocycles. The molecule has 0 spiro atoms. The van der Waals surface area contributed by atoms with Crippen LogP contribution in [0.25, 0.3) is 0 Å². The highest BCUT2D eigenvalue weighted by Crippen LogP contribution is 2.29. The number of carbonyl (C=O) groups is 2. The van der Waals surface area contributed by atoms with E-state index in [1.807, 2.05) is 0 Å². The van der Waals surface area contributed by atoms with Crippen LogP contribution in [0.15, 0.2) is 47.6 Å². The Balaban J connectivity index is 1.76. The van der Waals surface area contributed by atoms with Gasteiger partial charge in [0.05, 0.1) is 27.0 Å². The maximum absolute atomic E-state index is 11.8. The minimum atomic E-state index is -0.488. The van der Waals surface area contributed by atoms with Gasteiger partial charge in [-0.05, 0) is 36.4 Å². The number of carbonyl (C=O) groups excluding carboxylic acids is 2. The van der Waals surface area contributed by atoms with Gasteiger partial charge in [0.15, 0.2) is 18.1 Å². The molecule has 0 bridgehead atoms. The molecule has 9 heteroatoms. The van der Waals surface area contributed by atoms with Crippen molar-refractivity contribution in [3.63, 3.8) is 0 Å². The fraction of sp³-hybridized carbons (Fsp3) is 0.211. The number of methoxy groups -OCH3 is 2. The first kappa shape index (κ1) is 21.0. The molecule has 0 aromatic heterocycles. The van der Waals surface area contributed by atoms with Gasteiger partial charge >= 0.3 is 0 Å². The second kappa shape index (κ2) is 10.8. The van der Waals surface area contributed by atoms with Crippen molar-refractivity contribution in [2.45, 2.75) is 0 Å². The van der Waals surface area contributed by atoms with E-state index >= 15 is 0 Å². The molecular formula is C19H20ClN3O5. The number of hydrogen-bond acceptors (Lipinski definition) is 6. The van der Waals surface area contributed by atoms with Crippen LogP contribution in [0.2, 0.25) is 5.02 Å². The van der Waals surface area contributed by atoms with Gasteiger partial charge in [0.25, 0.3) is 11.8 Å². The zero-order valence-corrected chi connectivity index (χ0v) is 16.2. The fourth-order valence-corrected chi connectivity index (χ4v) is 2.26. The molecular weight excluding hydrogens is 386 g/mol. The van der Waals surface area contributed by atoms with Gasteiger partial charge < -0.3 is 19.5 Å². The van der Waals surface area contributed by atoms with Crippen molar-refractivity contribution < 1.29 is 23.8 Å². The summed E-state index contributed by atoms with van der Waals surface area (Å²) < 4.78 is 15.7. The first-order chi connectivity index (χ1) is 13.5. The lowest BCUT2D eigenvalue weighted by Crippen LogP contribution is -2.37. The summed E-state index contributed by atoms with van der Waals surface area (Å²) in [6.45, 7) is -0.464. The van der Waals surface area contributed by atoms with Gasteiger partial charge in [-0.3, -0.25) is 9.59 Å². The lowest BCUT2D eigenvalue weighted by molar-refractivity contribution is -0.127. The quantitative estimate of drug-likeness (QED) is 0.491. The number of benzene rings is 2. The van der Waals surface area contributed by atoms with Crippen molar-refractivity contribution in [1.82, 2.24) is 10.7 Å². The third kappa shape index (κ3) is 6.48. The van der Waals surface area contributed by atoms with E-state index in [2.05, 4.69) is 15.8 Å². The van der Waals surface area contributed by atoms with Gasteiger partial charge in [0.1, 0.15) is 5.75 Å². The minimum absolute atomic E-state index is 0.223. The molecule has 8 nitrogen and oxygen atoms in total. The summed E-state index contributed by atoms with van der Waals surface area (Å²) >= 11 is 5.77. The van der Waals surface area contributed by atoms with Crippen LogP contribution >= 0.6 is 11.6 Å². The van der Waals surface area contributed by atoms with E-state index in [0.29, 0.717) is 27.8 Å². The van der Waals surface area contributed by atoms with Crippen molar-refractivity contribution in [1.29, 1.82) is 0 Å². The standard InChI is InChI=1S/C19H20ClN3O5/c1-26-16-5-3-4-13(19(16)27-2)10-22-23-17(24)11-21-18(25)12-28-15-8-6-14(20)7-9-15/h3-10H,11-12H2,1-2H3,(H,21,25)(H,23,24)/b22-10+. The number of halogens is 1. The summed E-state index contributed by atoms with van der Waals surface area (Å²) in [6.07, 6.45) is 1.42. The molecule has 0 fully saturated rings. The van der Waals surface area contributed by atoms with E-state index in [1.165, 1.54) is 20.4 Å². The summed E-state index contributed by atoms with van der Waals surface area (Å²) in [5.41, 5.74) is 2.95. The molecule has 0 atom stereocenters. The van der Waals surface area contributed by atoms with Crippen LogP contribution in [0.1, 0.15) is 5.56 Å². The highest BCUT2D eigenvalue weighted by molar-refractivity contribution is 6.30. The molecule has 2 aromatic carbocycles. The Bertz CT molecular complexity index is 840. The van der Waals surface area contributed by atoms with Crippen LogP contribution in [0.5, 0.6) is 17.2 Å². The summed E-state index contributed by atoms with van der Waals surface area (Å²) in [5, 5.41) is 6.85. The van der Waals surface area contributed by atoms with Crippen LogP contribution in [0.4, 0.5) is 0 Å². The molecule has 0 aliphatic heterocycles. The van der Waals surface area contributed by atoms with Gasteiger partial charge in [-0.1, -0.05) is 17.7 Å². The van der Waals surface area contributed by atoms with Gasteiger partial charge in [-0.15, -0.1) is 0 Å². The highest BCUT2D eigenvalue weighted by atomic mass is 35.5. The maximum Gasteiger partial charge on any atom is 0.259 e. The lowest BCUT2D eigenvalue weighted by atomic mass is 10.2. The normalized spacial score (nSPS) is 10.4. The summed E-state index contributed by atoms with van der Waals surface area (Å²) in [5.74, 6) is 0.615. The second-order valence-electron chi connectivity index (χ2n) is 5.40. The summed E-state index contributed by atoms with van der Waals surface area (Å²) in [4.78, 5) is 23.5. The highest BCUT2D eigenvalue weighted by Gasteiger charge is 2.08. The zero-order chi connectivity index (χ0) is 20.4. The number of hydrogen-bond donors (Lipinski definition) is 2. The van der Waals surface area contributed by atoms with Crippen molar-refractivity contribution in [2.24, 2.45) is 5.10 Å². The Hall–Kier alpha value is -3.26. The summed E-state index contributed by atoms with van der Waals surface area (Å²) in [7, 11) is 3.04. The van der Waals surface area contributed by atoms with E-state index in [1.54, 1.807) is 42.5 Å². The Kier molecular flexibility index (Phi) is 8.11. The number of ether oxygens (including phenoxy) is 3. The second-order valence-corrected chi connectivity index (χ2v) is 5.83. The van der Waals surface area contributed by atoms with Crippen molar-refractivity contribution >= 4 is 29.6 Å². The minimum Gasteiger partial charge on any atom is -0.493 e. The molecule has 2 amide bonds. The van der Waals surface area contributed by atoms with Crippen molar-refractivity contribution in [3.05, 3.63) is 53.1 Å². The average molecular weight is 406 g/mol. The Morgan fingerprint density at radius 2 is 1.82 bits per heavy atom. The maximum atomic E-state index is 11.8. The smallest absolute Gasteiger partial charge is 0.259 e. The third-order valence-corrected chi connectivity index (χ3v) is 3.71. The lowest BCUT2D eigenvalue weighted by Gasteiger charge is -2.09. The van der Waals surface area contributed by atoms with Gasteiger partial charge in [-0.2, -0.15) is 5.10 Å². The largest absolute Gasteiger partial charge is 0.493 e. The molecule has 0 heterocycles. The molecule has 0 aliphatic rings. The van der Waals surface area contributed by atoms with Crippen LogP contribution in [0, 0.1) is 0 Å². The number of para-hydroxylation sites is 1. The monoisotopic (exact) mass is 405 g/mol. The molecule has 2 aromatic rings. The number of rotatable bonds is 9. The number of nitrogens with zero attached hydrogens (tertiary/aromatic N) is 1. The average Bonchev–Trinajstić information content (AvgIpc) is 2.71. The van der Waals surface area contributed by atoms with Crippen LogP contribution in [-0.4, -0.2) is 45.4 Å². The van der Waals surface area contributed by atoms with Gasteiger partial charge in [0.2, 0.25) is 0 Å². The summed E-state index contributed by atoms with van der Waals surface area (Å²) in [6, 6.07) is 11.9. The topological polar surface area (TPSA) is 98.2 Å². The molecule has 0 saturated heterocycles. The van der Waals surface area contributed by atoms with Crippen molar-refractivity contribution in [2.75, 3.05) is 27.4 Å².